The minimum Gasteiger partial charge on any atom is -0.466 e. The number of nitrogens with one attached hydrogen (secondary N) is 2. The third-order valence-corrected chi connectivity index (χ3v) is 4.45. The quantitative estimate of drug-likeness (QED) is 0.873. The number of furan rings is 2. The van der Waals surface area contributed by atoms with Crippen LogP contribution < -0.4 is 10.6 Å². The summed E-state index contributed by atoms with van der Waals surface area (Å²) in [7, 11) is 0. The standard InChI is InChI=1S/C19H24N2O4/c1-12-9-13-14(10-19(2,3)11-16(13)25-12)21-17(22)6-7-20-18(23)15-5-4-8-24-15/h4-5,8-9,14H,6-7,10-11H2,1-3H3,(H,20,23)(H,21,22)/t14-/m1/s1. The molecule has 0 radical (unpaired) electrons. The molecule has 0 aromatic carbocycles. The van der Waals surface area contributed by atoms with E-state index in [1.165, 1.54) is 6.26 Å². The zero-order chi connectivity index (χ0) is 18.0. The predicted molar refractivity (Wildman–Crippen MR) is 92.1 cm³/mol. The fourth-order valence-electron chi connectivity index (χ4n) is 3.36. The van der Waals surface area contributed by atoms with Gasteiger partial charge in [-0.2, -0.15) is 0 Å². The topological polar surface area (TPSA) is 84.5 Å². The van der Waals surface area contributed by atoms with Crippen molar-refractivity contribution in [1.82, 2.24) is 10.6 Å². The number of carbonyl (C=O) groups excluding carboxylic acids is 2. The Kier molecular flexibility index (Phi) is 4.70. The summed E-state index contributed by atoms with van der Waals surface area (Å²) in [5.74, 6) is 1.67. The number of hydrogen-bond donors (Lipinski definition) is 2. The summed E-state index contributed by atoms with van der Waals surface area (Å²) in [6, 6.07) is 5.19. The maximum Gasteiger partial charge on any atom is 0.286 e. The Hall–Kier alpha value is -2.50. The lowest BCUT2D eigenvalue weighted by atomic mass is 9.74. The lowest BCUT2D eigenvalue weighted by Crippen LogP contribution is -2.37. The fourth-order valence-corrected chi connectivity index (χ4v) is 3.36. The van der Waals surface area contributed by atoms with Gasteiger partial charge in [-0.25, -0.2) is 0 Å². The molecule has 1 aliphatic carbocycles. The predicted octanol–water partition coefficient (Wildman–Crippen LogP) is 3.13. The van der Waals surface area contributed by atoms with Gasteiger partial charge in [-0.05, 0) is 37.0 Å². The summed E-state index contributed by atoms with van der Waals surface area (Å²) >= 11 is 0. The lowest BCUT2D eigenvalue weighted by molar-refractivity contribution is -0.122. The molecule has 2 amide bonds. The number of fused-ring (bicyclic) bond motifs is 1. The molecule has 0 bridgehead atoms. The van der Waals surface area contributed by atoms with Gasteiger partial charge in [-0.1, -0.05) is 13.8 Å². The van der Waals surface area contributed by atoms with Crippen molar-refractivity contribution in [2.75, 3.05) is 6.54 Å². The molecule has 2 N–H and O–H groups in total. The number of hydrogen-bond acceptors (Lipinski definition) is 4. The van der Waals surface area contributed by atoms with Crippen molar-refractivity contribution < 1.29 is 18.4 Å². The first-order chi connectivity index (χ1) is 11.8. The molecular weight excluding hydrogens is 320 g/mol. The first-order valence-corrected chi connectivity index (χ1v) is 8.54. The monoisotopic (exact) mass is 344 g/mol. The Morgan fingerprint density at radius 2 is 2.16 bits per heavy atom. The van der Waals surface area contributed by atoms with Crippen LogP contribution in [0.5, 0.6) is 0 Å². The summed E-state index contributed by atoms with van der Waals surface area (Å²) in [4.78, 5) is 24.1. The van der Waals surface area contributed by atoms with Gasteiger partial charge in [-0.15, -0.1) is 0 Å². The highest BCUT2D eigenvalue weighted by Gasteiger charge is 2.35. The minimum atomic E-state index is -0.315. The first kappa shape index (κ1) is 17.3. The van der Waals surface area contributed by atoms with Gasteiger partial charge in [0, 0.05) is 24.9 Å². The zero-order valence-corrected chi connectivity index (χ0v) is 14.8. The second kappa shape index (κ2) is 6.78. The van der Waals surface area contributed by atoms with E-state index in [1.54, 1.807) is 12.1 Å². The highest BCUT2D eigenvalue weighted by Crippen LogP contribution is 2.41. The third-order valence-electron chi connectivity index (χ3n) is 4.45. The van der Waals surface area contributed by atoms with Crippen LogP contribution in [0.15, 0.2) is 33.3 Å². The van der Waals surface area contributed by atoms with Gasteiger partial charge in [0.2, 0.25) is 5.91 Å². The van der Waals surface area contributed by atoms with Crippen LogP contribution in [0.4, 0.5) is 0 Å². The largest absolute Gasteiger partial charge is 0.466 e. The van der Waals surface area contributed by atoms with Crippen LogP contribution in [0.1, 0.15) is 60.4 Å². The second-order valence-electron chi connectivity index (χ2n) is 7.38. The summed E-state index contributed by atoms with van der Waals surface area (Å²) < 4.78 is 10.8. The summed E-state index contributed by atoms with van der Waals surface area (Å²) in [6.07, 6.45) is 3.40. The SMILES string of the molecule is Cc1cc2c(o1)CC(C)(C)C[C@H]2NC(=O)CCNC(=O)c1ccco1. The van der Waals surface area contributed by atoms with Crippen LogP contribution in [-0.4, -0.2) is 18.4 Å². The Morgan fingerprint density at radius 3 is 2.88 bits per heavy atom. The molecule has 3 rings (SSSR count). The van der Waals surface area contributed by atoms with Crippen molar-refractivity contribution in [1.29, 1.82) is 0 Å². The van der Waals surface area contributed by atoms with Gasteiger partial charge in [0.15, 0.2) is 5.76 Å². The van der Waals surface area contributed by atoms with E-state index in [4.69, 9.17) is 8.83 Å². The average molecular weight is 344 g/mol. The molecule has 2 aromatic rings. The van der Waals surface area contributed by atoms with E-state index in [-0.39, 0.29) is 42.0 Å². The highest BCUT2D eigenvalue weighted by atomic mass is 16.3. The van der Waals surface area contributed by atoms with Crippen LogP contribution in [0.3, 0.4) is 0 Å². The molecule has 134 valence electrons. The number of rotatable bonds is 5. The normalized spacial score (nSPS) is 18.4. The van der Waals surface area contributed by atoms with E-state index in [1.807, 2.05) is 13.0 Å². The average Bonchev–Trinajstić information content (AvgIpc) is 3.15. The molecule has 6 heteroatoms. The van der Waals surface area contributed by atoms with Crippen molar-refractivity contribution in [3.8, 4) is 0 Å². The van der Waals surface area contributed by atoms with Gasteiger partial charge in [0.1, 0.15) is 11.5 Å². The molecule has 0 unspecified atom stereocenters. The van der Waals surface area contributed by atoms with Crippen LogP contribution in [-0.2, 0) is 11.2 Å². The smallest absolute Gasteiger partial charge is 0.286 e. The van der Waals surface area contributed by atoms with Gasteiger partial charge in [0.25, 0.3) is 5.91 Å². The summed E-state index contributed by atoms with van der Waals surface area (Å²) in [6.45, 7) is 6.54. The molecule has 0 fully saturated rings. The Labute approximate surface area is 147 Å². The minimum absolute atomic E-state index is 0.0514. The van der Waals surface area contributed by atoms with Crippen molar-refractivity contribution in [3.63, 3.8) is 0 Å². The Balaban J connectivity index is 1.55. The first-order valence-electron chi connectivity index (χ1n) is 8.54. The van der Waals surface area contributed by atoms with Crippen molar-refractivity contribution in [3.05, 3.63) is 47.3 Å². The second-order valence-corrected chi connectivity index (χ2v) is 7.38. The molecule has 1 aliphatic rings. The lowest BCUT2D eigenvalue weighted by Gasteiger charge is -2.34. The molecule has 0 saturated carbocycles. The van der Waals surface area contributed by atoms with Crippen LogP contribution >= 0.6 is 0 Å². The highest BCUT2D eigenvalue weighted by molar-refractivity contribution is 5.91. The summed E-state index contributed by atoms with van der Waals surface area (Å²) in [5.41, 5.74) is 1.15. The van der Waals surface area contributed by atoms with Crippen molar-refractivity contribution in [2.45, 2.75) is 46.1 Å². The van der Waals surface area contributed by atoms with Crippen LogP contribution in [0.25, 0.3) is 0 Å². The fraction of sp³-hybridized carbons (Fsp3) is 0.474. The molecule has 1 atom stereocenters. The molecule has 2 heterocycles. The van der Waals surface area contributed by atoms with E-state index >= 15 is 0 Å². The molecule has 0 spiro atoms. The molecule has 25 heavy (non-hydrogen) atoms. The van der Waals surface area contributed by atoms with Gasteiger partial charge in [0.05, 0.1) is 12.3 Å². The third kappa shape index (κ3) is 4.13. The maximum absolute atomic E-state index is 12.3. The van der Waals surface area contributed by atoms with E-state index in [2.05, 4.69) is 24.5 Å². The number of carbonyl (C=O) groups is 2. The van der Waals surface area contributed by atoms with E-state index in [0.29, 0.717) is 0 Å². The Morgan fingerprint density at radius 1 is 1.36 bits per heavy atom. The number of amides is 2. The molecule has 0 saturated heterocycles. The molecule has 2 aromatic heterocycles. The van der Waals surface area contributed by atoms with Gasteiger partial charge >= 0.3 is 0 Å². The van der Waals surface area contributed by atoms with Gasteiger partial charge in [-0.3, -0.25) is 9.59 Å². The molecule has 0 aliphatic heterocycles. The summed E-state index contributed by atoms with van der Waals surface area (Å²) in [5, 5.41) is 5.76. The number of aryl methyl sites for hydroxylation is 1. The maximum atomic E-state index is 12.3. The zero-order valence-electron chi connectivity index (χ0n) is 14.8. The molecular formula is C19H24N2O4. The molecule has 6 nitrogen and oxygen atoms in total. The van der Waals surface area contributed by atoms with Crippen molar-refractivity contribution in [2.24, 2.45) is 5.41 Å². The van der Waals surface area contributed by atoms with Crippen LogP contribution in [0, 0.1) is 12.3 Å². The van der Waals surface area contributed by atoms with Crippen LogP contribution in [0.2, 0.25) is 0 Å². The van der Waals surface area contributed by atoms with E-state index in [0.717, 1.165) is 29.9 Å². The van der Waals surface area contributed by atoms with E-state index in [9.17, 15) is 9.59 Å². The van der Waals surface area contributed by atoms with E-state index < -0.39 is 0 Å². The Bertz CT molecular complexity index is 758. The van der Waals surface area contributed by atoms with Gasteiger partial charge < -0.3 is 19.5 Å². The van der Waals surface area contributed by atoms with Crippen molar-refractivity contribution >= 4 is 11.8 Å².